The summed E-state index contributed by atoms with van der Waals surface area (Å²) in [5, 5.41) is 0. The van der Waals surface area contributed by atoms with Crippen molar-refractivity contribution in [1.82, 2.24) is 9.80 Å². The van der Waals surface area contributed by atoms with Gasteiger partial charge in [-0.25, -0.2) is 4.39 Å². The maximum Gasteiger partial charge on any atom is 0.128 e. The Morgan fingerprint density at radius 3 is 2.57 bits per heavy atom. The van der Waals surface area contributed by atoms with Crippen LogP contribution in [0, 0.1) is 0 Å². The summed E-state index contributed by atoms with van der Waals surface area (Å²) in [4.78, 5) is 4.32. The van der Waals surface area contributed by atoms with Gasteiger partial charge in [0, 0.05) is 25.7 Å². The highest BCUT2D eigenvalue weighted by Gasteiger charge is 2.32. The maximum absolute atomic E-state index is 13.8. The van der Waals surface area contributed by atoms with E-state index in [1.54, 1.807) is 0 Å². The number of nitrogens with zero attached hydrogens (tertiary/aromatic N) is 2. The van der Waals surface area contributed by atoms with Gasteiger partial charge < -0.3 is 9.64 Å². The fourth-order valence-electron chi connectivity index (χ4n) is 2.36. The van der Waals surface area contributed by atoms with Gasteiger partial charge in [0.05, 0.1) is 13.2 Å². The third-order valence-electron chi connectivity index (χ3n) is 3.22. The smallest absolute Gasteiger partial charge is 0.128 e. The zero-order valence-corrected chi connectivity index (χ0v) is 8.79. The third kappa shape index (κ3) is 2.24. The first-order valence-electron chi connectivity index (χ1n) is 5.42. The Balaban J connectivity index is 1.89. The highest BCUT2D eigenvalue weighted by atomic mass is 19.1. The van der Waals surface area contributed by atoms with Gasteiger partial charge in [-0.15, -0.1) is 0 Å². The first-order chi connectivity index (χ1) is 6.77. The van der Waals surface area contributed by atoms with E-state index >= 15 is 0 Å². The number of hydrogen-bond acceptors (Lipinski definition) is 3. The van der Waals surface area contributed by atoms with Crippen molar-refractivity contribution in [3.63, 3.8) is 0 Å². The van der Waals surface area contributed by atoms with Gasteiger partial charge >= 0.3 is 0 Å². The van der Waals surface area contributed by atoms with E-state index in [1.807, 2.05) is 7.05 Å². The van der Waals surface area contributed by atoms with Gasteiger partial charge in [-0.1, -0.05) is 0 Å². The van der Waals surface area contributed by atoms with E-state index in [9.17, 15) is 4.39 Å². The topological polar surface area (TPSA) is 15.7 Å². The number of ether oxygens (including phenoxy) is 1. The van der Waals surface area contributed by atoms with Crippen LogP contribution in [0.3, 0.4) is 0 Å². The second-order valence-electron chi connectivity index (χ2n) is 4.28. The summed E-state index contributed by atoms with van der Waals surface area (Å²) in [6.07, 6.45) is 0.268. The minimum absolute atomic E-state index is 0.134. The molecular weight excluding hydrogens is 183 g/mol. The zero-order chi connectivity index (χ0) is 9.97. The molecule has 0 aromatic carbocycles. The van der Waals surface area contributed by atoms with Crippen molar-refractivity contribution in [2.45, 2.75) is 18.6 Å². The highest BCUT2D eigenvalue weighted by Crippen LogP contribution is 2.19. The first-order valence-corrected chi connectivity index (χ1v) is 5.42. The molecule has 4 heteroatoms. The van der Waals surface area contributed by atoms with Crippen molar-refractivity contribution in [3.8, 4) is 0 Å². The van der Waals surface area contributed by atoms with Crippen LogP contribution in [0.25, 0.3) is 0 Å². The fourth-order valence-corrected chi connectivity index (χ4v) is 2.36. The second kappa shape index (κ2) is 4.55. The first kappa shape index (κ1) is 10.3. The molecule has 2 aliphatic rings. The van der Waals surface area contributed by atoms with Gasteiger partial charge in [-0.3, -0.25) is 4.90 Å². The van der Waals surface area contributed by atoms with Crippen molar-refractivity contribution in [2.75, 3.05) is 46.4 Å². The summed E-state index contributed by atoms with van der Waals surface area (Å²) in [7, 11) is 1.99. The highest BCUT2D eigenvalue weighted by molar-refractivity contribution is 4.87. The lowest BCUT2D eigenvalue weighted by Gasteiger charge is -2.41. The summed E-state index contributed by atoms with van der Waals surface area (Å²) >= 11 is 0. The van der Waals surface area contributed by atoms with Gasteiger partial charge in [0.2, 0.25) is 0 Å². The summed E-state index contributed by atoms with van der Waals surface area (Å²) < 4.78 is 19.0. The van der Waals surface area contributed by atoms with Gasteiger partial charge in [-0.05, 0) is 20.0 Å². The van der Waals surface area contributed by atoms with E-state index in [0.29, 0.717) is 6.54 Å². The molecule has 0 spiro atoms. The van der Waals surface area contributed by atoms with E-state index in [-0.39, 0.29) is 6.04 Å². The molecule has 0 amide bonds. The van der Waals surface area contributed by atoms with Crippen LogP contribution in [-0.2, 0) is 4.74 Å². The summed E-state index contributed by atoms with van der Waals surface area (Å²) in [5.41, 5.74) is 0. The van der Waals surface area contributed by atoms with Crippen LogP contribution >= 0.6 is 0 Å². The average molecular weight is 202 g/mol. The molecule has 2 saturated heterocycles. The number of halogens is 1. The monoisotopic (exact) mass is 202 g/mol. The summed E-state index contributed by atoms with van der Waals surface area (Å²) in [5.74, 6) is 0. The lowest BCUT2D eigenvalue weighted by Crippen LogP contribution is -2.54. The molecule has 2 heterocycles. The molecule has 14 heavy (non-hydrogen) atoms. The number of morpholine rings is 1. The lowest BCUT2D eigenvalue weighted by molar-refractivity contribution is -0.0242. The van der Waals surface area contributed by atoms with Crippen LogP contribution in [0.15, 0.2) is 0 Å². The molecule has 0 radical (unpaired) electrons. The molecule has 0 N–H and O–H groups in total. The van der Waals surface area contributed by atoms with Crippen molar-refractivity contribution >= 4 is 0 Å². The zero-order valence-electron chi connectivity index (χ0n) is 8.79. The van der Waals surface area contributed by atoms with E-state index in [1.165, 1.54) is 0 Å². The number of rotatable bonds is 1. The normalized spacial score (nSPS) is 37.3. The van der Waals surface area contributed by atoms with Gasteiger partial charge in [0.15, 0.2) is 0 Å². The Bertz CT molecular complexity index is 185. The molecule has 0 bridgehead atoms. The van der Waals surface area contributed by atoms with E-state index in [4.69, 9.17) is 4.74 Å². The molecule has 0 aromatic rings. The fraction of sp³-hybridized carbons (Fsp3) is 1.00. The average Bonchev–Trinajstić information content (AvgIpc) is 2.19. The van der Waals surface area contributed by atoms with Crippen molar-refractivity contribution in [2.24, 2.45) is 0 Å². The Labute approximate surface area is 84.8 Å². The molecule has 0 aliphatic carbocycles. The molecule has 2 rings (SSSR count). The number of piperidine rings is 1. The molecule has 82 valence electrons. The van der Waals surface area contributed by atoms with Crippen molar-refractivity contribution in [1.29, 1.82) is 0 Å². The largest absolute Gasteiger partial charge is 0.379 e. The molecule has 0 saturated carbocycles. The molecule has 2 aliphatic heterocycles. The molecule has 2 unspecified atom stereocenters. The summed E-state index contributed by atoms with van der Waals surface area (Å²) in [6.45, 7) is 4.92. The lowest BCUT2D eigenvalue weighted by atomic mass is 10.0. The van der Waals surface area contributed by atoms with Crippen LogP contribution in [0.2, 0.25) is 0 Å². The predicted molar refractivity (Wildman–Crippen MR) is 53.2 cm³/mol. The van der Waals surface area contributed by atoms with E-state index in [2.05, 4.69) is 9.80 Å². The molecule has 2 fully saturated rings. The van der Waals surface area contributed by atoms with Crippen LogP contribution in [0.5, 0.6) is 0 Å². The Morgan fingerprint density at radius 1 is 1.21 bits per heavy atom. The minimum Gasteiger partial charge on any atom is -0.379 e. The Morgan fingerprint density at radius 2 is 1.93 bits per heavy atom. The number of alkyl halides is 1. The van der Waals surface area contributed by atoms with Crippen molar-refractivity contribution in [3.05, 3.63) is 0 Å². The SMILES string of the molecule is CN1CCC(N2CCOCC2)C(F)C1. The Hall–Kier alpha value is -0.190. The minimum atomic E-state index is -0.688. The predicted octanol–water partition coefficient (Wildman–Crippen LogP) is 0.361. The van der Waals surface area contributed by atoms with Crippen LogP contribution in [-0.4, -0.2) is 68.5 Å². The van der Waals surface area contributed by atoms with Crippen LogP contribution in [0.4, 0.5) is 4.39 Å². The van der Waals surface area contributed by atoms with Gasteiger partial charge in [-0.2, -0.15) is 0 Å². The number of likely N-dealkylation sites (tertiary alicyclic amines) is 1. The van der Waals surface area contributed by atoms with Crippen LogP contribution < -0.4 is 0 Å². The molecule has 0 aromatic heterocycles. The van der Waals surface area contributed by atoms with Crippen LogP contribution in [0.1, 0.15) is 6.42 Å². The van der Waals surface area contributed by atoms with Gasteiger partial charge in [0.25, 0.3) is 0 Å². The molecule has 3 nitrogen and oxygen atoms in total. The van der Waals surface area contributed by atoms with E-state index < -0.39 is 6.17 Å². The standard InChI is InChI=1S/C10H19FN2O/c1-12-3-2-10(9(11)8-12)13-4-6-14-7-5-13/h9-10H,2-8H2,1H3. The quantitative estimate of drug-likeness (QED) is 0.610. The Kier molecular flexibility index (Phi) is 3.36. The van der Waals surface area contributed by atoms with Gasteiger partial charge in [0.1, 0.15) is 6.17 Å². The van der Waals surface area contributed by atoms with E-state index in [0.717, 1.165) is 39.3 Å². The molecule has 2 atom stereocenters. The maximum atomic E-state index is 13.8. The number of hydrogen-bond donors (Lipinski definition) is 0. The van der Waals surface area contributed by atoms with Crippen molar-refractivity contribution < 1.29 is 9.13 Å². The summed E-state index contributed by atoms with van der Waals surface area (Å²) in [6, 6.07) is 0.134. The molecular formula is C10H19FN2O. The second-order valence-corrected chi connectivity index (χ2v) is 4.28. The third-order valence-corrected chi connectivity index (χ3v) is 3.22.